The Morgan fingerprint density at radius 1 is 0.648 bits per heavy atom. The minimum absolute atomic E-state index is 0.213. The SMILES string of the molecule is CC(=O)O[C@H](C)[C@H]1[C@@](C)(O)CC(=O)C23O[C@@]12C(=O)c1ccc(-c2ccc4c(c2O)[C@@H](O)C25O[C@@]2(C4=O)[C@@H]([C@@H](C)OC(C)=O)[C@@](C)(O)CC5=O)c(O)c1[C@H]3O. The molecule has 2 unspecified atom stereocenters. The van der Waals surface area contributed by atoms with Crippen LogP contribution in [0, 0.1) is 11.8 Å². The highest BCUT2D eigenvalue weighted by atomic mass is 16.7. The molecule has 2 aromatic carbocycles. The molecule has 2 heterocycles. The average Bonchev–Trinajstić information content (AvgIpc) is 3.94. The molecule has 0 aromatic heterocycles. The van der Waals surface area contributed by atoms with Crippen molar-refractivity contribution >= 4 is 35.1 Å². The number of epoxide rings is 2. The van der Waals surface area contributed by atoms with E-state index in [1.807, 2.05) is 0 Å². The molecule has 4 fully saturated rings. The number of aromatic hydroxyl groups is 2. The molecule has 286 valence electrons. The summed E-state index contributed by atoms with van der Waals surface area (Å²) in [7, 11) is 0. The molecule has 0 spiro atoms. The van der Waals surface area contributed by atoms with Crippen LogP contribution in [0.15, 0.2) is 24.3 Å². The molecule has 16 nitrogen and oxygen atoms in total. The Bertz CT molecular complexity index is 2020. The Labute approximate surface area is 306 Å². The molecule has 12 atom stereocenters. The largest absolute Gasteiger partial charge is 0.507 e. The van der Waals surface area contributed by atoms with Crippen LogP contribution in [0.3, 0.4) is 0 Å². The summed E-state index contributed by atoms with van der Waals surface area (Å²) in [6, 6.07) is 4.85. The number of esters is 2. The molecule has 4 aliphatic carbocycles. The molecule has 2 aromatic rings. The van der Waals surface area contributed by atoms with Crippen molar-refractivity contribution in [3.05, 3.63) is 46.5 Å². The van der Waals surface area contributed by atoms with Crippen LogP contribution < -0.4 is 0 Å². The highest BCUT2D eigenvalue weighted by Gasteiger charge is 2.92. The standard InChI is InChI=1S/C38H38O16/c1-13(51-15(3)39)27-33(5,49)11-21(41)35-31(47)23-19(29(45)37(27,35)53-35)9-7-17(25(23)43)18-8-10-20-24(26(18)44)32(48)36-22(42)12-34(6,50)28(14(2)52-16(4)40)38(36,54-36)30(20)46/h7-10,13-14,27-28,31-32,43-44,47-50H,11-12H2,1-6H3/t13-,14-,27+,28+,31-,32-,33+,34+,35?,36?,37-,38-/m1/s1. The third-order valence-corrected chi connectivity index (χ3v) is 12.6. The van der Waals surface area contributed by atoms with Crippen LogP contribution in [0.25, 0.3) is 11.1 Å². The number of carbonyl (C=O) groups excluding carboxylic acids is 6. The van der Waals surface area contributed by atoms with Crippen LogP contribution >= 0.6 is 0 Å². The van der Waals surface area contributed by atoms with Crippen LogP contribution in [0.1, 0.15) is 98.4 Å². The maximum atomic E-state index is 14.3. The van der Waals surface area contributed by atoms with Gasteiger partial charge in [-0.15, -0.1) is 0 Å². The molecule has 0 radical (unpaired) electrons. The second-order valence-corrected chi connectivity index (χ2v) is 16.0. The molecule has 2 aliphatic heterocycles. The van der Waals surface area contributed by atoms with Crippen molar-refractivity contribution < 1.29 is 78.4 Å². The van der Waals surface area contributed by atoms with Crippen molar-refractivity contribution in [3.63, 3.8) is 0 Å². The number of Topliss-reactive ketones (excluding diaryl/α,β-unsaturated/α-hetero) is 4. The topological polar surface area (TPSA) is 267 Å². The van der Waals surface area contributed by atoms with E-state index in [0.717, 1.165) is 13.8 Å². The number of hydrogen-bond donors (Lipinski definition) is 6. The smallest absolute Gasteiger partial charge is 0.302 e. The maximum Gasteiger partial charge on any atom is 0.302 e. The van der Waals surface area contributed by atoms with Gasteiger partial charge < -0.3 is 49.6 Å². The lowest BCUT2D eigenvalue weighted by atomic mass is 9.55. The summed E-state index contributed by atoms with van der Waals surface area (Å²) in [4.78, 5) is 79.8. The molecule has 6 aliphatic rings. The summed E-state index contributed by atoms with van der Waals surface area (Å²) in [5.41, 5.74) is -14.5. The number of fused-ring (bicyclic) bond motifs is 2. The molecule has 6 N–H and O–H groups in total. The van der Waals surface area contributed by atoms with Crippen LogP contribution in [-0.2, 0) is 38.1 Å². The van der Waals surface area contributed by atoms with Crippen LogP contribution in [0.4, 0.5) is 0 Å². The summed E-state index contributed by atoms with van der Waals surface area (Å²) in [6.45, 7) is 7.69. The van der Waals surface area contributed by atoms with E-state index in [-0.39, 0.29) is 22.3 Å². The Morgan fingerprint density at radius 3 is 1.28 bits per heavy atom. The van der Waals surface area contributed by atoms with Gasteiger partial charge in [0.15, 0.2) is 45.5 Å². The second-order valence-electron chi connectivity index (χ2n) is 16.0. The first kappa shape index (κ1) is 36.4. The lowest BCUT2D eigenvalue weighted by molar-refractivity contribution is -0.164. The number of carbonyl (C=O) groups is 6. The zero-order valence-corrected chi connectivity index (χ0v) is 30.0. The van der Waals surface area contributed by atoms with Gasteiger partial charge in [0, 0.05) is 60.1 Å². The third-order valence-electron chi connectivity index (χ3n) is 12.6. The lowest BCUT2D eigenvalue weighted by Crippen LogP contribution is -2.65. The molecular formula is C38H38O16. The highest BCUT2D eigenvalue weighted by Crippen LogP contribution is 2.73. The van der Waals surface area contributed by atoms with Gasteiger partial charge >= 0.3 is 11.9 Å². The zero-order chi connectivity index (χ0) is 39.6. The number of hydrogen-bond acceptors (Lipinski definition) is 16. The molecule has 54 heavy (non-hydrogen) atoms. The summed E-state index contributed by atoms with van der Waals surface area (Å²) in [6.07, 6.45) is -7.48. The van der Waals surface area contributed by atoms with Crippen molar-refractivity contribution in [3.8, 4) is 22.6 Å². The van der Waals surface area contributed by atoms with Crippen LogP contribution in [-0.4, -0.2) is 112 Å². The minimum Gasteiger partial charge on any atom is -0.507 e. The van der Waals surface area contributed by atoms with Gasteiger partial charge in [0.25, 0.3) is 0 Å². The van der Waals surface area contributed by atoms with E-state index in [2.05, 4.69) is 0 Å². The molecule has 2 saturated heterocycles. The van der Waals surface area contributed by atoms with E-state index in [4.69, 9.17) is 18.9 Å². The van der Waals surface area contributed by atoms with E-state index < -0.39 is 140 Å². The number of ether oxygens (including phenoxy) is 4. The summed E-state index contributed by atoms with van der Waals surface area (Å²) < 4.78 is 22.5. The van der Waals surface area contributed by atoms with Gasteiger partial charge in [-0.1, -0.05) is 12.1 Å². The first-order valence-electron chi connectivity index (χ1n) is 17.4. The molecule has 0 amide bonds. The minimum atomic E-state index is -2.26. The fourth-order valence-electron chi connectivity index (χ4n) is 10.9. The fraction of sp³-hybridized carbons (Fsp3) is 0.526. The van der Waals surface area contributed by atoms with Crippen molar-refractivity contribution in [1.29, 1.82) is 0 Å². The summed E-state index contributed by atoms with van der Waals surface area (Å²) in [5.74, 6) is -9.02. The number of aliphatic hydroxyl groups excluding tert-OH is 2. The van der Waals surface area contributed by atoms with Gasteiger partial charge in [0.1, 0.15) is 35.9 Å². The Hall–Kier alpha value is -4.58. The quantitative estimate of drug-likeness (QED) is 0.182. The van der Waals surface area contributed by atoms with Gasteiger partial charge in [-0.3, -0.25) is 28.8 Å². The van der Waals surface area contributed by atoms with Gasteiger partial charge in [0.05, 0.1) is 23.0 Å². The normalized spacial score (nSPS) is 40.9. The van der Waals surface area contributed by atoms with Gasteiger partial charge in [-0.05, 0) is 39.8 Å². The second kappa shape index (κ2) is 10.6. The third kappa shape index (κ3) is 3.92. The number of aliphatic hydroxyl groups is 4. The fourth-order valence-corrected chi connectivity index (χ4v) is 10.9. The maximum absolute atomic E-state index is 14.3. The van der Waals surface area contributed by atoms with Crippen molar-refractivity contribution in [2.75, 3.05) is 0 Å². The lowest BCUT2D eigenvalue weighted by Gasteiger charge is -2.46. The summed E-state index contributed by atoms with van der Waals surface area (Å²) in [5, 5.41) is 70.0. The van der Waals surface area contributed by atoms with Gasteiger partial charge in [-0.25, -0.2) is 0 Å². The number of phenols is 2. The molecular weight excluding hydrogens is 712 g/mol. The van der Waals surface area contributed by atoms with Crippen LogP contribution in [0.2, 0.25) is 0 Å². The van der Waals surface area contributed by atoms with Crippen molar-refractivity contribution in [1.82, 2.24) is 0 Å². The number of benzene rings is 2. The van der Waals surface area contributed by atoms with E-state index in [0.29, 0.717) is 0 Å². The molecule has 0 bridgehead atoms. The predicted octanol–water partition coefficient (Wildman–Crippen LogP) is 0.823. The van der Waals surface area contributed by atoms with Crippen molar-refractivity contribution in [2.24, 2.45) is 11.8 Å². The van der Waals surface area contributed by atoms with Crippen LogP contribution in [0.5, 0.6) is 11.5 Å². The van der Waals surface area contributed by atoms with Gasteiger partial charge in [-0.2, -0.15) is 0 Å². The summed E-state index contributed by atoms with van der Waals surface area (Å²) >= 11 is 0. The van der Waals surface area contributed by atoms with E-state index in [9.17, 15) is 59.4 Å². The Kier molecular flexibility index (Phi) is 7.13. The van der Waals surface area contributed by atoms with E-state index >= 15 is 0 Å². The highest BCUT2D eigenvalue weighted by molar-refractivity contribution is 6.18. The van der Waals surface area contributed by atoms with E-state index in [1.165, 1.54) is 52.0 Å². The first-order valence-corrected chi connectivity index (χ1v) is 17.4. The predicted molar refractivity (Wildman–Crippen MR) is 177 cm³/mol. The first-order chi connectivity index (χ1) is 25.0. The van der Waals surface area contributed by atoms with Gasteiger partial charge in [0.2, 0.25) is 0 Å². The molecule has 8 rings (SSSR count). The van der Waals surface area contributed by atoms with Crippen molar-refractivity contribution in [2.45, 2.75) is 112 Å². The number of rotatable bonds is 5. The number of ketones is 4. The Balaban J connectivity index is 1.24. The molecule has 2 saturated carbocycles. The van der Waals surface area contributed by atoms with E-state index in [1.54, 1.807) is 0 Å². The monoisotopic (exact) mass is 750 g/mol. The molecule has 16 heteroatoms. The zero-order valence-electron chi connectivity index (χ0n) is 30.0. The average molecular weight is 751 g/mol. The number of phenolic OH excluding ortho intramolecular Hbond substituents is 2. The Morgan fingerprint density at radius 2 is 0.963 bits per heavy atom.